The van der Waals surface area contributed by atoms with Gasteiger partial charge in [0.05, 0.1) is 40.1 Å². The highest BCUT2D eigenvalue weighted by molar-refractivity contribution is 8.19. The number of nitrogens with one attached hydrogen (secondary N) is 1. The molecule has 2 heterocycles. The topological polar surface area (TPSA) is 71.7 Å². The maximum atomic E-state index is 13.4. The third-order valence-corrected chi connectivity index (χ3v) is 7.56. The molecule has 2 aliphatic heterocycles. The number of aliphatic imine (C=N–C) groups is 1. The molecule has 1 N–H and O–H groups in total. The highest BCUT2D eigenvalue weighted by atomic mass is 32.2. The predicted octanol–water partition coefficient (Wildman–Crippen LogP) is 5.42. The molecular formula is C24H25N5OS2. The Morgan fingerprint density at radius 3 is 2.75 bits per heavy atom. The molecule has 0 atom stereocenters. The van der Waals surface area contributed by atoms with E-state index >= 15 is 0 Å². The summed E-state index contributed by atoms with van der Waals surface area (Å²) in [5, 5.41) is 13.3. The van der Waals surface area contributed by atoms with E-state index in [1.807, 2.05) is 25.1 Å². The van der Waals surface area contributed by atoms with E-state index in [4.69, 9.17) is 4.99 Å². The Morgan fingerprint density at radius 1 is 1.19 bits per heavy atom. The number of amidine groups is 1. The molecule has 8 heteroatoms. The summed E-state index contributed by atoms with van der Waals surface area (Å²) in [6.07, 6.45) is 0.835. The number of anilines is 2. The third-order valence-electron chi connectivity index (χ3n) is 5.16. The zero-order valence-electron chi connectivity index (χ0n) is 18.4. The SMILES string of the molecule is CCCN1C(=O)/C(=C2\CN(C)c3ccccc3S2)SC1=Nc1cc(C#N)ccc1NCC. The van der Waals surface area contributed by atoms with Crippen molar-refractivity contribution in [3.63, 3.8) is 0 Å². The summed E-state index contributed by atoms with van der Waals surface area (Å²) in [4.78, 5) is 25.2. The van der Waals surface area contributed by atoms with Crippen LogP contribution in [0.5, 0.6) is 0 Å². The van der Waals surface area contributed by atoms with E-state index in [9.17, 15) is 10.1 Å². The van der Waals surface area contributed by atoms with Gasteiger partial charge in [-0.15, -0.1) is 0 Å². The molecule has 32 heavy (non-hydrogen) atoms. The van der Waals surface area contributed by atoms with Crippen molar-refractivity contribution in [1.82, 2.24) is 4.90 Å². The second-order valence-electron chi connectivity index (χ2n) is 7.51. The number of hydrogen-bond donors (Lipinski definition) is 1. The first-order valence-electron chi connectivity index (χ1n) is 10.6. The quantitative estimate of drug-likeness (QED) is 0.597. The van der Waals surface area contributed by atoms with E-state index in [-0.39, 0.29) is 5.91 Å². The number of nitrogens with zero attached hydrogens (tertiary/aromatic N) is 4. The molecule has 0 bridgehead atoms. The number of carbonyl (C=O) groups excluding carboxylic acids is 1. The smallest absolute Gasteiger partial charge is 0.267 e. The van der Waals surface area contributed by atoms with E-state index in [1.54, 1.807) is 28.8 Å². The van der Waals surface area contributed by atoms with Crippen LogP contribution in [0.25, 0.3) is 0 Å². The van der Waals surface area contributed by atoms with Gasteiger partial charge in [-0.3, -0.25) is 9.69 Å². The van der Waals surface area contributed by atoms with E-state index in [0.29, 0.717) is 29.5 Å². The number of carbonyl (C=O) groups is 1. The summed E-state index contributed by atoms with van der Waals surface area (Å²) in [6, 6.07) is 15.9. The standard InChI is InChI=1S/C24H25N5OS2/c1-4-12-29-23(30)22(21-15-28(3)19-8-6-7-9-20(19)31-21)32-24(29)27-18-13-16(14-25)10-11-17(18)26-5-2/h6-11,13,26H,4-5,12,15H2,1-3H3/b22-21-,27-24?. The van der Waals surface area contributed by atoms with Crippen LogP contribution in [0, 0.1) is 11.3 Å². The fourth-order valence-corrected chi connectivity index (χ4v) is 6.07. The first kappa shape index (κ1) is 22.3. The van der Waals surface area contributed by atoms with E-state index in [2.05, 4.69) is 42.4 Å². The van der Waals surface area contributed by atoms with Crippen molar-refractivity contribution in [1.29, 1.82) is 5.26 Å². The van der Waals surface area contributed by atoms with Crippen molar-refractivity contribution < 1.29 is 4.79 Å². The molecule has 2 aromatic carbocycles. The van der Waals surface area contributed by atoms with Crippen LogP contribution in [0.1, 0.15) is 25.8 Å². The molecule has 0 aliphatic carbocycles. The van der Waals surface area contributed by atoms with Crippen molar-refractivity contribution in [3.8, 4) is 6.07 Å². The summed E-state index contributed by atoms with van der Waals surface area (Å²) >= 11 is 3.10. The van der Waals surface area contributed by atoms with Gasteiger partial charge in [0.15, 0.2) is 5.17 Å². The average Bonchev–Trinajstić information content (AvgIpc) is 3.10. The highest BCUT2D eigenvalue weighted by Crippen LogP contribution is 2.46. The minimum atomic E-state index is 0.00678. The highest BCUT2D eigenvalue weighted by Gasteiger charge is 2.37. The number of para-hydroxylation sites is 1. The van der Waals surface area contributed by atoms with Gasteiger partial charge < -0.3 is 10.2 Å². The van der Waals surface area contributed by atoms with Gasteiger partial charge >= 0.3 is 0 Å². The van der Waals surface area contributed by atoms with Crippen LogP contribution >= 0.6 is 23.5 Å². The number of benzene rings is 2. The van der Waals surface area contributed by atoms with Gasteiger partial charge in [-0.25, -0.2) is 4.99 Å². The molecule has 0 saturated carbocycles. The lowest BCUT2D eigenvalue weighted by atomic mass is 10.2. The lowest BCUT2D eigenvalue weighted by molar-refractivity contribution is -0.122. The fourth-order valence-electron chi connectivity index (χ4n) is 3.66. The van der Waals surface area contributed by atoms with Crippen LogP contribution in [0.2, 0.25) is 0 Å². The van der Waals surface area contributed by atoms with Crippen molar-refractivity contribution in [2.75, 3.05) is 36.9 Å². The Hall–Kier alpha value is -2.89. The van der Waals surface area contributed by atoms with Crippen LogP contribution in [0.4, 0.5) is 17.1 Å². The van der Waals surface area contributed by atoms with Crippen LogP contribution in [-0.4, -0.2) is 42.7 Å². The number of rotatable bonds is 5. The summed E-state index contributed by atoms with van der Waals surface area (Å²) in [7, 11) is 2.05. The van der Waals surface area contributed by atoms with Crippen LogP contribution < -0.4 is 10.2 Å². The van der Waals surface area contributed by atoms with Crippen LogP contribution in [0.15, 0.2) is 62.2 Å². The van der Waals surface area contributed by atoms with Gasteiger partial charge in [-0.2, -0.15) is 5.26 Å². The Morgan fingerprint density at radius 2 is 2.00 bits per heavy atom. The summed E-state index contributed by atoms with van der Waals surface area (Å²) in [5.74, 6) is 0.00678. The van der Waals surface area contributed by atoms with Crippen molar-refractivity contribution in [3.05, 3.63) is 57.8 Å². The lowest BCUT2D eigenvalue weighted by Crippen LogP contribution is -2.30. The molecule has 1 fully saturated rings. The first-order chi connectivity index (χ1) is 15.5. The zero-order valence-corrected chi connectivity index (χ0v) is 20.0. The number of nitriles is 1. The number of amides is 1. The number of fused-ring (bicyclic) bond motifs is 1. The molecule has 2 aromatic rings. The number of thioether (sulfide) groups is 2. The Balaban J connectivity index is 1.75. The van der Waals surface area contributed by atoms with Crippen LogP contribution in [-0.2, 0) is 4.79 Å². The maximum Gasteiger partial charge on any atom is 0.267 e. The monoisotopic (exact) mass is 463 g/mol. The van der Waals surface area contributed by atoms with Gasteiger partial charge in [0.2, 0.25) is 0 Å². The average molecular weight is 464 g/mol. The molecule has 4 rings (SSSR count). The lowest BCUT2D eigenvalue weighted by Gasteiger charge is -2.29. The van der Waals surface area contributed by atoms with Crippen LogP contribution in [0.3, 0.4) is 0 Å². The molecule has 1 amide bonds. The second-order valence-corrected chi connectivity index (χ2v) is 9.62. The molecule has 6 nitrogen and oxygen atoms in total. The minimum absolute atomic E-state index is 0.00678. The third kappa shape index (κ3) is 4.36. The Kier molecular flexibility index (Phi) is 6.77. The first-order valence-corrected chi connectivity index (χ1v) is 12.3. The Labute approximate surface area is 197 Å². The normalized spacial score (nSPS) is 19.3. The Bertz CT molecular complexity index is 1150. The molecule has 0 unspecified atom stereocenters. The fraction of sp³-hybridized carbons (Fsp3) is 0.292. The maximum absolute atomic E-state index is 13.4. The van der Waals surface area contributed by atoms with Gasteiger partial charge in [-0.05, 0) is 55.4 Å². The minimum Gasteiger partial charge on any atom is -0.384 e. The number of hydrogen-bond acceptors (Lipinski definition) is 7. The van der Waals surface area contributed by atoms with E-state index in [0.717, 1.165) is 33.4 Å². The molecule has 2 aliphatic rings. The predicted molar refractivity (Wildman–Crippen MR) is 135 cm³/mol. The van der Waals surface area contributed by atoms with Gasteiger partial charge in [0, 0.05) is 29.9 Å². The van der Waals surface area contributed by atoms with Crippen molar-refractivity contribution >= 4 is 51.7 Å². The molecule has 0 spiro atoms. The van der Waals surface area contributed by atoms with Gasteiger partial charge in [0.25, 0.3) is 5.91 Å². The summed E-state index contributed by atoms with van der Waals surface area (Å²) < 4.78 is 0. The largest absolute Gasteiger partial charge is 0.384 e. The number of likely N-dealkylation sites (N-methyl/N-ethyl adjacent to an activating group) is 1. The van der Waals surface area contributed by atoms with Crippen molar-refractivity contribution in [2.45, 2.75) is 25.2 Å². The summed E-state index contributed by atoms with van der Waals surface area (Å²) in [5.41, 5.74) is 3.25. The molecule has 1 saturated heterocycles. The molecule has 164 valence electrons. The van der Waals surface area contributed by atoms with Gasteiger partial charge in [-0.1, -0.05) is 30.8 Å². The molecule has 0 aromatic heterocycles. The molecular weight excluding hydrogens is 438 g/mol. The zero-order chi connectivity index (χ0) is 22.7. The van der Waals surface area contributed by atoms with Gasteiger partial charge in [0.1, 0.15) is 0 Å². The van der Waals surface area contributed by atoms with E-state index in [1.165, 1.54) is 17.4 Å². The molecule has 0 radical (unpaired) electrons. The van der Waals surface area contributed by atoms with Crippen molar-refractivity contribution in [2.24, 2.45) is 4.99 Å². The second kappa shape index (κ2) is 9.72. The van der Waals surface area contributed by atoms with E-state index < -0.39 is 0 Å². The summed E-state index contributed by atoms with van der Waals surface area (Å²) in [6.45, 7) is 6.11.